The zero-order valence-electron chi connectivity index (χ0n) is 11.6. The second-order valence-electron chi connectivity index (χ2n) is 5.41. The molecule has 1 aromatic carbocycles. The number of fused-ring (bicyclic) bond motifs is 1. The number of nitrogens with one attached hydrogen (secondary N) is 1. The van der Waals surface area contributed by atoms with Gasteiger partial charge in [0.1, 0.15) is 0 Å². The van der Waals surface area contributed by atoms with Crippen LogP contribution in [-0.2, 0) is 20.0 Å². The topological polar surface area (TPSA) is 42.7 Å². The van der Waals surface area contributed by atoms with E-state index in [0.717, 1.165) is 12.2 Å². The molecule has 5 heteroatoms. The van der Waals surface area contributed by atoms with Gasteiger partial charge in [-0.05, 0) is 42.5 Å². The summed E-state index contributed by atoms with van der Waals surface area (Å²) in [5.41, 5.74) is 3.90. The quantitative estimate of drug-likeness (QED) is 0.877. The molecule has 0 spiro atoms. The number of hydrogen-bond acceptors (Lipinski definition) is 3. The highest BCUT2D eigenvalue weighted by atomic mass is 79.9. The van der Waals surface area contributed by atoms with Gasteiger partial charge < -0.3 is 5.32 Å². The molecule has 0 aliphatic heterocycles. The van der Waals surface area contributed by atoms with Crippen molar-refractivity contribution in [2.75, 3.05) is 0 Å². The Hall–Kier alpha value is -1.20. The maximum absolute atomic E-state index is 4.14. The minimum atomic E-state index is 0.419. The third kappa shape index (κ3) is 3.10. The summed E-state index contributed by atoms with van der Waals surface area (Å²) in [6.07, 6.45) is 6.87. The second kappa shape index (κ2) is 6.06. The molecule has 0 fully saturated rings. The van der Waals surface area contributed by atoms with Crippen LogP contribution >= 0.6 is 15.9 Å². The third-order valence-electron chi connectivity index (χ3n) is 3.85. The first-order chi connectivity index (χ1) is 9.72. The van der Waals surface area contributed by atoms with E-state index in [1.54, 1.807) is 4.68 Å². The summed E-state index contributed by atoms with van der Waals surface area (Å²) < 4.78 is 2.92. The van der Waals surface area contributed by atoms with Gasteiger partial charge in [-0.25, -0.2) is 0 Å². The van der Waals surface area contributed by atoms with Gasteiger partial charge in [0, 0.05) is 30.3 Å². The summed E-state index contributed by atoms with van der Waals surface area (Å²) in [6.45, 7) is 0.772. The van der Waals surface area contributed by atoms with Gasteiger partial charge in [-0.2, -0.15) is 0 Å². The molecule has 106 valence electrons. The van der Waals surface area contributed by atoms with Crippen molar-refractivity contribution in [2.45, 2.75) is 38.3 Å². The fourth-order valence-corrected chi connectivity index (χ4v) is 3.27. The molecular weight excluding hydrogens is 316 g/mol. The van der Waals surface area contributed by atoms with Crippen LogP contribution in [0.1, 0.15) is 42.1 Å². The molecule has 4 nitrogen and oxygen atoms in total. The summed E-state index contributed by atoms with van der Waals surface area (Å²) >= 11 is 3.57. The normalized spacial score (nSPS) is 18.6. The van der Waals surface area contributed by atoms with Crippen LogP contribution in [0, 0.1) is 0 Å². The predicted octanol–water partition coefficient (Wildman–Crippen LogP) is 3.13. The summed E-state index contributed by atoms with van der Waals surface area (Å²) in [4.78, 5) is 0. The predicted molar refractivity (Wildman–Crippen MR) is 82.3 cm³/mol. The fraction of sp³-hybridized carbons (Fsp3) is 0.467. The molecule has 0 saturated carbocycles. The Bertz CT molecular complexity index is 593. The fourth-order valence-electron chi connectivity index (χ4n) is 2.87. The van der Waals surface area contributed by atoms with Crippen molar-refractivity contribution in [2.24, 2.45) is 7.05 Å². The van der Waals surface area contributed by atoms with Crippen molar-refractivity contribution >= 4 is 15.9 Å². The maximum Gasteiger partial charge on any atom is 0.0964 e. The lowest BCUT2D eigenvalue weighted by Crippen LogP contribution is -2.21. The maximum atomic E-state index is 4.14. The van der Waals surface area contributed by atoms with Crippen LogP contribution in [0.15, 0.2) is 28.9 Å². The number of rotatable bonds is 3. The molecule has 1 aliphatic rings. The minimum Gasteiger partial charge on any atom is -0.304 e. The highest BCUT2D eigenvalue weighted by Crippen LogP contribution is 2.30. The monoisotopic (exact) mass is 334 g/mol. The van der Waals surface area contributed by atoms with Gasteiger partial charge in [-0.3, -0.25) is 4.68 Å². The van der Waals surface area contributed by atoms with Gasteiger partial charge >= 0.3 is 0 Å². The van der Waals surface area contributed by atoms with Crippen LogP contribution in [0.2, 0.25) is 0 Å². The van der Waals surface area contributed by atoms with Crippen molar-refractivity contribution in [3.63, 3.8) is 0 Å². The van der Waals surface area contributed by atoms with E-state index in [-0.39, 0.29) is 0 Å². The van der Waals surface area contributed by atoms with E-state index < -0.39 is 0 Å². The Morgan fingerprint density at radius 1 is 1.40 bits per heavy atom. The van der Waals surface area contributed by atoms with E-state index in [0.29, 0.717) is 6.04 Å². The van der Waals surface area contributed by atoms with E-state index in [4.69, 9.17) is 0 Å². The Balaban J connectivity index is 1.76. The molecule has 0 saturated heterocycles. The first-order valence-corrected chi connectivity index (χ1v) is 7.88. The largest absolute Gasteiger partial charge is 0.304 e. The zero-order valence-corrected chi connectivity index (χ0v) is 13.2. The lowest BCUT2D eigenvalue weighted by atomic mass is 9.99. The average Bonchev–Trinajstić information content (AvgIpc) is 2.74. The number of aryl methyl sites for hydroxylation is 2. The van der Waals surface area contributed by atoms with E-state index in [9.17, 15) is 0 Å². The smallest absolute Gasteiger partial charge is 0.0964 e. The van der Waals surface area contributed by atoms with Gasteiger partial charge in [0.2, 0.25) is 0 Å². The molecule has 1 atom stereocenters. The van der Waals surface area contributed by atoms with Crippen LogP contribution in [-0.4, -0.2) is 15.0 Å². The standard InChI is InChI=1S/C15H19BrN4/c1-20-10-13(18-19-20)9-17-15-5-3-2-4-11-8-12(16)6-7-14(11)15/h6-8,10,15,17H,2-5,9H2,1H3. The Labute approximate surface area is 127 Å². The van der Waals surface area contributed by atoms with Crippen molar-refractivity contribution in [1.29, 1.82) is 0 Å². The molecule has 1 aliphatic carbocycles. The number of aromatic nitrogens is 3. The van der Waals surface area contributed by atoms with Gasteiger partial charge in [0.05, 0.1) is 5.69 Å². The molecule has 1 N–H and O–H groups in total. The Morgan fingerprint density at radius 2 is 2.30 bits per heavy atom. The molecule has 0 radical (unpaired) electrons. The van der Waals surface area contributed by atoms with Crippen molar-refractivity contribution < 1.29 is 0 Å². The van der Waals surface area contributed by atoms with E-state index in [2.05, 4.69) is 49.8 Å². The lowest BCUT2D eigenvalue weighted by Gasteiger charge is -2.19. The molecule has 3 rings (SSSR count). The highest BCUT2D eigenvalue weighted by Gasteiger charge is 2.18. The first kappa shape index (κ1) is 13.8. The van der Waals surface area contributed by atoms with Crippen LogP contribution in [0.5, 0.6) is 0 Å². The molecule has 2 aromatic rings. The third-order valence-corrected chi connectivity index (χ3v) is 4.34. The summed E-state index contributed by atoms with van der Waals surface area (Å²) in [7, 11) is 1.90. The summed E-state index contributed by atoms with van der Waals surface area (Å²) in [5.74, 6) is 0. The van der Waals surface area contributed by atoms with E-state index in [1.165, 1.54) is 41.3 Å². The van der Waals surface area contributed by atoms with Crippen LogP contribution in [0.25, 0.3) is 0 Å². The second-order valence-corrected chi connectivity index (χ2v) is 6.32. The zero-order chi connectivity index (χ0) is 13.9. The first-order valence-electron chi connectivity index (χ1n) is 7.09. The van der Waals surface area contributed by atoms with Gasteiger partial charge in [0.25, 0.3) is 0 Å². The van der Waals surface area contributed by atoms with Gasteiger partial charge in [-0.15, -0.1) is 5.10 Å². The van der Waals surface area contributed by atoms with E-state index >= 15 is 0 Å². The van der Waals surface area contributed by atoms with Crippen LogP contribution in [0.3, 0.4) is 0 Å². The van der Waals surface area contributed by atoms with Crippen molar-refractivity contribution in [3.05, 3.63) is 45.7 Å². The SMILES string of the molecule is Cn1cc(CNC2CCCCc3cc(Br)ccc32)nn1. The molecule has 20 heavy (non-hydrogen) atoms. The molecule has 0 amide bonds. The van der Waals surface area contributed by atoms with Crippen LogP contribution in [0.4, 0.5) is 0 Å². The number of nitrogens with zero attached hydrogens (tertiary/aromatic N) is 3. The average molecular weight is 335 g/mol. The van der Waals surface area contributed by atoms with Crippen molar-refractivity contribution in [1.82, 2.24) is 20.3 Å². The molecular formula is C15H19BrN4. The minimum absolute atomic E-state index is 0.419. The molecule has 1 heterocycles. The number of hydrogen-bond donors (Lipinski definition) is 1. The molecule has 1 aromatic heterocycles. The lowest BCUT2D eigenvalue weighted by molar-refractivity contribution is 0.485. The summed E-state index contributed by atoms with van der Waals surface area (Å²) in [5, 5.41) is 11.7. The van der Waals surface area contributed by atoms with Gasteiger partial charge in [-0.1, -0.05) is 33.6 Å². The van der Waals surface area contributed by atoms with E-state index in [1.807, 2.05) is 13.2 Å². The Kier molecular flexibility index (Phi) is 4.17. The Morgan fingerprint density at radius 3 is 3.10 bits per heavy atom. The number of benzene rings is 1. The highest BCUT2D eigenvalue weighted by molar-refractivity contribution is 9.10. The molecule has 0 bridgehead atoms. The molecule has 1 unspecified atom stereocenters. The van der Waals surface area contributed by atoms with Crippen LogP contribution < -0.4 is 5.32 Å². The summed E-state index contributed by atoms with van der Waals surface area (Å²) in [6, 6.07) is 7.07. The van der Waals surface area contributed by atoms with Gasteiger partial charge in [0.15, 0.2) is 0 Å². The van der Waals surface area contributed by atoms with Crippen molar-refractivity contribution in [3.8, 4) is 0 Å². The number of halogens is 1.